The summed E-state index contributed by atoms with van der Waals surface area (Å²) >= 11 is 0. The molecule has 0 radical (unpaired) electrons. The lowest BCUT2D eigenvalue weighted by atomic mass is 9.97. The highest BCUT2D eigenvalue weighted by molar-refractivity contribution is 7.91. The van der Waals surface area contributed by atoms with Gasteiger partial charge in [-0.25, -0.2) is 8.42 Å². The van der Waals surface area contributed by atoms with Crippen LogP contribution in [0.1, 0.15) is 25.1 Å². The third-order valence-corrected chi connectivity index (χ3v) is 5.71. The van der Waals surface area contributed by atoms with Crippen LogP contribution in [0.15, 0.2) is 34.7 Å². The van der Waals surface area contributed by atoms with E-state index in [4.69, 9.17) is 4.42 Å². The third kappa shape index (κ3) is 2.60. The lowest BCUT2D eigenvalue weighted by Crippen LogP contribution is -2.28. The summed E-state index contributed by atoms with van der Waals surface area (Å²) in [5, 5.41) is 4.44. The van der Waals surface area contributed by atoms with Crippen LogP contribution in [0, 0.1) is 5.92 Å². The molecule has 2 unspecified atom stereocenters. The standard InChI is InChI=1S/C15H19NO3S/c1-2-16-15(12-7-8-20(17,18)10-12)14-9-11-5-3-4-6-13(11)19-14/h3-6,9,12,15-16H,2,7-8,10H2,1H3. The molecule has 2 atom stereocenters. The van der Waals surface area contributed by atoms with Crippen molar-refractivity contribution >= 4 is 20.8 Å². The van der Waals surface area contributed by atoms with E-state index >= 15 is 0 Å². The maximum Gasteiger partial charge on any atom is 0.150 e. The van der Waals surface area contributed by atoms with E-state index in [1.807, 2.05) is 37.3 Å². The van der Waals surface area contributed by atoms with Crippen LogP contribution in [-0.4, -0.2) is 26.5 Å². The number of furan rings is 1. The molecule has 1 aromatic carbocycles. The summed E-state index contributed by atoms with van der Waals surface area (Å²) in [7, 11) is -2.88. The van der Waals surface area contributed by atoms with Gasteiger partial charge in [-0.3, -0.25) is 0 Å². The SMILES string of the molecule is CCNC(c1cc2ccccc2o1)C1CCS(=O)(=O)C1. The monoisotopic (exact) mass is 293 g/mol. The molecular weight excluding hydrogens is 274 g/mol. The molecule has 108 valence electrons. The van der Waals surface area contributed by atoms with E-state index in [9.17, 15) is 8.42 Å². The topological polar surface area (TPSA) is 59.3 Å². The number of sulfone groups is 1. The van der Waals surface area contributed by atoms with Crippen LogP contribution in [0.4, 0.5) is 0 Å². The third-order valence-electron chi connectivity index (χ3n) is 3.91. The zero-order chi connectivity index (χ0) is 14.2. The van der Waals surface area contributed by atoms with Gasteiger partial charge in [0.15, 0.2) is 9.84 Å². The minimum atomic E-state index is -2.88. The van der Waals surface area contributed by atoms with Crippen molar-refractivity contribution in [1.29, 1.82) is 0 Å². The van der Waals surface area contributed by atoms with E-state index < -0.39 is 9.84 Å². The first-order valence-electron chi connectivity index (χ1n) is 7.01. The van der Waals surface area contributed by atoms with E-state index in [0.717, 1.165) is 23.3 Å². The Morgan fingerprint density at radius 2 is 2.20 bits per heavy atom. The van der Waals surface area contributed by atoms with Crippen molar-refractivity contribution in [2.24, 2.45) is 5.92 Å². The number of hydrogen-bond acceptors (Lipinski definition) is 4. The molecule has 5 heteroatoms. The van der Waals surface area contributed by atoms with Crippen LogP contribution in [0.5, 0.6) is 0 Å². The van der Waals surface area contributed by atoms with Gasteiger partial charge in [0.05, 0.1) is 17.5 Å². The maximum absolute atomic E-state index is 11.7. The van der Waals surface area contributed by atoms with Gasteiger partial charge in [-0.15, -0.1) is 0 Å². The Labute approximate surface area is 119 Å². The number of fused-ring (bicyclic) bond motifs is 1. The first-order valence-corrected chi connectivity index (χ1v) is 8.83. The zero-order valence-electron chi connectivity index (χ0n) is 11.5. The summed E-state index contributed by atoms with van der Waals surface area (Å²) in [6.07, 6.45) is 0.705. The second kappa shape index (κ2) is 5.22. The predicted molar refractivity (Wildman–Crippen MR) is 79.4 cm³/mol. The summed E-state index contributed by atoms with van der Waals surface area (Å²) in [5.74, 6) is 1.48. The predicted octanol–water partition coefficient (Wildman–Crippen LogP) is 2.52. The van der Waals surface area contributed by atoms with E-state index in [-0.39, 0.29) is 17.7 Å². The Hall–Kier alpha value is -1.33. The van der Waals surface area contributed by atoms with Crippen LogP contribution < -0.4 is 5.32 Å². The Kier molecular flexibility index (Phi) is 3.56. The fourth-order valence-electron chi connectivity index (χ4n) is 2.96. The highest BCUT2D eigenvalue weighted by atomic mass is 32.2. The van der Waals surface area contributed by atoms with Gasteiger partial charge >= 0.3 is 0 Å². The van der Waals surface area contributed by atoms with Crippen molar-refractivity contribution < 1.29 is 12.8 Å². The molecule has 2 aromatic rings. The van der Waals surface area contributed by atoms with Crippen LogP contribution >= 0.6 is 0 Å². The minimum absolute atomic E-state index is 0.0234. The van der Waals surface area contributed by atoms with Crippen LogP contribution in [0.25, 0.3) is 11.0 Å². The average Bonchev–Trinajstić information content (AvgIpc) is 2.98. The summed E-state index contributed by atoms with van der Waals surface area (Å²) in [6.45, 7) is 2.82. The average molecular weight is 293 g/mol. The van der Waals surface area contributed by atoms with Crippen LogP contribution in [0.2, 0.25) is 0 Å². The second-order valence-corrected chi connectivity index (χ2v) is 7.61. The normalized spacial score (nSPS) is 23.1. The molecule has 20 heavy (non-hydrogen) atoms. The van der Waals surface area contributed by atoms with Crippen LogP contribution in [0.3, 0.4) is 0 Å². The number of benzene rings is 1. The van der Waals surface area contributed by atoms with Gasteiger partial charge in [0.1, 0.15) is 11.3 Å². The van der Waals surface area contributed by atoms with Crippen molar-refractivity contribution in [3.8, 4) is 0 Å². The molecule has 0 aliphatic carbocycles. The summed E-state index contributed by atoms with van der Waals surface area (Å²) in [4.78, 5) is 0. The highest BCUT2D eigenvalue weighted by Crippen LogP contribution is 2.34. The van der Waals surface area contributed by atoms with Crippen molar-refractivity contribution in [1.82, 2.24) is 5.32 Å². The van der Waals surface area contributed by atoms with Gasteiger partial charge in [0, 0.05) is 5.39 Å². The summed E-state index contributed by atoms with van der Waals surface area (Å²) in [6, 6.07) is 9.86. The molecule has 0 spiro atoms. The summed E-state index contributed by atoms with van der Waals surface area (Å²) < 4.78 is 29.3. The molecule has 0 amide bonds. The van der Waals surface area contributed by atoms with Gasteiger partial charge < -0.3 is 9.73 Å². The molecule has 3 rings (SSSR count). The van der Waals surface area contributed by atoms with Crippen molar-refractivity contribution in [2.75, 3.05) is 18.1 Å². The van der Waals surface area contributed by atoms with E-state index in [1.54, 1.807) is 0 Å². The van der Waals surface area contributed by atoms with E-state index in [1.165, 1.54) is 0 Å². The first kappa shape index (κ1) is 13.6. The zero-order valence-corrected chi connectivity index (χ0v) is 12.3. The Morgan fingerprint density at radius 3 is 2.85 bits per heavy atom. The maximum atomic E-state index is 11.7. The minimum Gasteiger partial charge on any atom is -0.459 e. The van der Waals surface area contributed by atoms with E-state index in [2.05, 4.69) is 5.32 Å². The molecule has 1 aromatic heterocycles. The molecule has 1 aliphatic rings. The largest absolute Gasteiger partial charge is 0.459 e. The van der Waals surface area contributed by atoms with Crippen molar-refractivity contribution in [3.63, 3.8) is 0 Å². The van der Waals surface area contributed by atoms with Gasteiger partial charge in [0.25, 0.3) is 0 Å². The summed E-state index contributed by atoms with van der Waals surface area (Å²) in [5.41, 5.74) is 0.853. The number of rotatable bonds is 4. The fraction of sp³-hybridized carbons (Fsp3) is 0.467. The Morgan fingerprint density at radius 1 is 1.40 bits per heavy atom. The quantitative estimate of drug-likeness (QED) is 0.941. The molecule has 1 saturated heterocycles. The number of para-hydroxylation sites is 1. The highest BCUT2D eigenvalue weighted by Gasteiger charge is 2.35. The lowest BCUT2D eigenvalue weighted by molar-refractivity contribution is 0.343. The van der Waals surface area contributed by atoms with Gasteiger partial charge in [-0.1, -0.05) is 25.1 Å². The van der Waals surface area contributed by atoms with Gasteiger partial charge in [0.2, 0.25) is 0 Å². The molecule has 1 N–H and O–H groups in total. The Balaban J connectivity index is 1.94. The van der Waals surface area contributed by atoms with Crippen molar-refractivity contribution in [3.05, 3.63) is 36.1 Å². The molecule has 0 bridgehead atoms. The number of nitrogens with one attached hydrogen (secondary N) is 1. The second-order valence-electron chi connectivity index (χ2n) is 5.39. The first-order chi connectivity index (χ1) is 9.59. The van der Waals surface area contributed by atoms with E-state index in [0.29, 0.717) is 12.2 Å². The Bertz CT molecular complexity index is 672. The molecule has 4 nitrogen and oxygen atoms in total. The number of hydrogen-bond donors (Lipinski definition) is 1. The molecular formula is C15H19NO3S. The van der Waals surface area contributed by atoms with Crippen LogP contribution in [-0.2, 0) is 9.84 Å². The van der Waals surface area contributed by atoms with Gasteiger partial charge in [-0.05, 0) is 31.0 Å². The van der Waals surface area contributed by atoms with Gasteiger partial charge in [-0.2, -0.15) is 0 Å². The molecule has 1 aliphatic heterocycles. The molecule has 1 fully saturated rings. The molecule has 2 heterocycles. The fourth-order valence-corrected chi connectivity index (χ4v) is 4.80. The van der Waals surface area contributed by atoms with Crippen molar-refractivity contribution in [2.45, 2.75) is 19.4 Å². The molecule has 0 saturated carbocycles. The lowest BCUT2D eigenvalue weighted by Gasteiger charge is -2.21. The smallest absolute Gasteiger partial charge is 0.150 e.